The Hall–Kier alpha value is -1.09. The molecule has 0 saturated heterocycles. The van der Waals surface area contributed by atoms with Crippen molar-refractivity contribution < 1.29 is 14.6 Å². The molecule has 3 nitrogen and oxygen atoms in total. The van der Waals surface area contributed by atoms with Crippen LogP contribution in [0.25, 0.3) is 0 Å². The summed E-state index contributed by atoms with van der Waals surface area (Å²) in [7, 11) is 0. The van der Waals surface area contributed by atoms with Gasteiger partial charge in [0.15, 0.2) is 0 Å². The Morgan fingerprint density at radius 3 is 2.58 bits per heavy atom. The van der Waals surface area contributed by atoms with Gasteiger partial charge >= 0.3 is 0 Å². The number of carbonyl (C=O) groups excluding carboxylic acids is 1. The molecule has 0 radical (unpaired) electrons. The molecule has 0 heterocycles. The molecule has 33 heavy (non-hydrogen) atoms. The van der Waals surface area contributed by atoms with Gasteiger partial charge in [-0.25, -0.2) is 0 Å². The van der Waals surface area contributed by atoms with Crippen molar-refractivity contribution in [3.05, 3.63) is 23.5 Å². The van der Waals surface area contributed by atoms with Gasteiger partial charge in [0.1, 0.15) is 5.76 Å². The SMILES string of the molecule is C/C(=C/CC[C@H](C)[C@@H]1CC[C@@]2(C)C3=CC[C@@H]4C(C)(C)[C@H](O)CC[C@@]4(C)[C@@H]3CC[C@@]12C)OC=O. The normalized spacial score (nSPS) is 45.3. The first-order valence-corrected chi connectivity index (χ1v) is 13.6. The van der Waals surface area contributed by atoms with E-state index in [1.54, 1.807) is 5.57 Å². The standard InChI is InChI=1S/C30H48O3/c1-20(9-8-10-21(2)33-19-31)22-13-17-30(7)24-11-12-25-27(3,4)26(32)15-16-28(25,5)23(24)14-18-29(22,30)6/h10-11,19-20,22-23,25-26,32H,8-9,12-18H2,1-7H3/b21-10-/t20-,22-,23+,25+,26+,28-,29-,30-/m0/s1. The molecule has 0 aliphatic heterocycles. The van der Waals surface area contributed by atoms with Gasteiger partial charge in [-0.2, -0.15) is 0 Å². The zero-order valence-corrected chi connectivity index (χ0v) is 22.2. The van der Waals surface area contributed by atoms with E-state index in [4.69, 9.17) is 4.74 Å². The third-order valence-corrected chi connectivity index (χ3v) is 11.9. The number of fused-ring (bicyclic) bond motifs is 5. The highest BCUT2D eigenvalue weighted by Crippen LogP contribution is 2.73. The average molecular weight is 457 g/mol. The molecule has 1 N–H and O–H groups in total. The predicted octanol–water partition coefficient (Wildman–Crippen LogP) is 7.45. The fourth-order valence-corrected chi connectivity index (χ4v) is 9.53. The number of aliphatic hydroxyl groups excluding tert-OH is 1. The molecule has 0 unspecified atom stereocenters. The van der Waals surface area contributed by atoms with Crippen molar-refractivity contribution in [1.29, 1.82) is 0 Å². The highest BCUT2D eigenvalue weighted by molar-refractivity contribution is 5.39. The zero-order valence-electron chi connectivity index (χ0n) is 22.2. The Morgan fingerprint density at radius 1 is 1.15 bits per heavy atom. The molecule has 0 bridgehead atoms. The summed E-state index contributed by atoms with van der Waals surface area (Å²) in [5.41, 5.74) is 2.77. The topological polar surface area (TPSA) is 46.5 Å². The number of carbonyl (C=O) groups is 1. The van der Waals surface area contributed by atoms with Crippen molar-refractivity contribution in [3.8, 4) is 0 Å². The lowest BCUT2D eigenvalue weighted by molar-refractivity contribution is -0.131. The summed E-state index contributed by atoms with van der Waals surface area (Å²) in [4.78, 5) is 10.6. The van der Waals surface area contributed by atoms with E-state index in [0.717, 1.165) is 37.4 Å². The fraction of sp³-hybridized carbons (Fsp3) is 0.833. The first kappa shape index (κ1) is 25.0. The molecule has 0 aromatic carbocycles. The van der Waals surface area contributed by atoms with Gasteiger partial charge in [-0.05, 0) is 116 Å². The van der Waals surface area contributed by atoms with Crippen LogP contribution in [0.2, 0.25) is 0 Å². The molecule has 3 heteroatoms. The van der Waals surface area contributed by atoms with E-state index in [1.165, 1.54) is 32.1 Å². The minimum absolute atomic E-state index is 0.00260. The van der Waals surface area contributed by atoms with E-state index in [9.17, 15) is 9.90 Å². The van der Waals surface area contributed by atoms with Crippen LogP contribution in [0, 0.1) is 45.3 Å². The predicted molar refractivity (Wildman–Crippen MR) is 134 cm³/mol. The van der Waals surface area contributed by atoms with Crippen molar-refractivity contribution >= 4 is 6.47 Å². The van der Waals surface area contributed by atoms with Gasteiger partial charge < -0.3 is 9.84 Å². The van der Waals surface area contributed by atoms with Gasteiger partial charge in [0.2, 0.25) is 0 Å². The van der Waals surface area contributed by atoms with Gasteiger partial charge in [-0.3, -0.25) is 4.79 Å². The Balaban J connectivity index is 1.57. The van der Waals surface area contributed by atoms with Gasteiger partial charge in [0.25, 0.3) is 6.47 Å². The first-order chi connectivity index (χ1) is 15.4. The second-order valence-corrected chi connectivity index (χ2v) is 13.4. The van der Waals surface area contributed by atoms with Crippen LogP contribution in [-0.4, -0.2) is 17.7 Å². The Labute approximate surface area is 202 Å². The molecule has 8 atom stereocenters. The summed E-state index contributed by atoms with van der Waals surface area (Å²) in [6.07, 6.45) is 15.3. The van der Waals surface area contributed by atoms with E-state index in [-0.39, 0.29) is 11.5 Å². The third kappa shape index (κ3) is 3.67. The maximum absolute atomic E-state index is 10.8. The summed E-state index contributed by atoms with van der Waals surface area (Å²) in [5.74, 6) is 3.40. The largest absolute Gasteiger partial charge is 0.434 e. The maximum Gasteiger partial charge on any atom is 0.298 e. The summed E-state index contributed by atoms with van der Waals surface area (Å²) in [6, 6.07) is 0. The van der Waals surface area contributed by atoms with Crippen molar-refractivity contribution in [2.45, 2.75) is 112 Å². The lowest BCUT2D eigenvalue weighted by atomic mass is 9.41. The monoisotopic (exact) mass is 456 g/mol. The molecule has 0 spiro atoms. The lowest BCUT2D eigenvalue weighted by Gasteiger charge is -2.64. The molecule has 3 fully saturated rings. The molecule has 0 aromatic rings. The average Bonchev–Trinajstić information content (AvgIpc) is 3.03. The summed E-state index contributed by atoms with van der Waals surface area (Å²) >= 11 is 0. The van der Waals surface area contributed by atoms with E-state index < -0.39 is 0 Å². The van der Waals surface area contributed by atoms with Crippen LogP contribution in [0.3, 0.4) is 0 Å². The number of ether oxygens (including phenoxy) is 1. The van der Waals surface area contributed by atoms with Crippen molar-refractivity contribution in [2.75, 3.05) is 0 Å². The van der Waals surface area contributed by atoms with Crippen LogP contribution in [0.1, 0.15) is 106 Å². The number of rotatable bonds is 6. The highest BCUT2D eigenvalue weighted by Gasteiger charge is 2.65. The quantitative estimate of drug-likeness (QED) is 0.256. The maximum atomic E-state index is 10.8. The van der Waals surface area contributed by atoms with E-state index >= 15 is 0 Å². The molecule has 186 valence electrons. The molecular formula is C30H48O3. The summed E-state index contributed by atoms with van der Waals surface area (Å²) in [6.45, 7) is 17.3. The van der Waals surface area contributed by atoms with Crippen LogP contribution in [0.5, 0.6) is 0 Å². The lowest BCUT2D eigenvalue weighted by Crippen LogP contribution is -2.58. The molecule has 0 aromatic heterocycles. The summed E-state index contributed by atoms with van der Waals surface area (Å²) in [5, 5.41) is 10.8. The van der Waals surface area contributed by atoms with Crippen LogP contribution in [0.4, 0.5) is 0 Å². The van der Waals surface area contributed by atoms with E-state index in [1.807, 2.05) is 6.92 Å². The zero-order chi connectivity index (χ0) is 24.2. The van der Waals surface area contributed by atoms with Crippen LogP contribution >= 0.6 is 0 Å². The van der Waals surface area contributed by atoms with Gasteiger partial charge in [0.05, 0.1) is 6.10 Å². The van der Waals surface area contributed by atoms with Crippen molar-refractivity contribution in [1.82, 2.24) is 0 Å². The van der Waals surface area contributed by atoms with E-state index in [0.29, 0.717) is 40.5 Å². The molecule has 4 aliphatic carbocycles. The number of allylic oxidation sites excluding steroid dienone is 4. The second kappa shape index (κ2) is 8.54. The second-order valence-electron chi connectivity index (χ2n) is 13.4. The highest BCUT2D eigenvalue weighted by atomic mass is 16.5. The fourth-order valence-electron chi connectivity index (χ4n) is 9.53. The minimum atomic E-state index is -0.165. The van der Waals surface area contributed by atoms with E-state index in [2.05, 4.69) is 53.7 Å². The van der Waals surface area contributed by atoms with Crippen LogP contribution in [0.15, 0.2) is 23.5 Å². The van der Waals surface area contributed by atoms with Gasteiger partial charge in [-0.15, -0.1) is 0 Å². The van der Waals surface area contributed by atoms with Crippen molar-refractivity contribution in [2.24, 2.45) is 45.3 Å². The van der Waals surface area contributed by atoms with Gasteiger partial charge in [-0.1, -0.05) is 53.2 Å². The Morgan fingerprint density at radius 2 is 1.88 bits per heavy atom. The smallest absolute Gasteiger partial charge is 0.298 e. The molecule has 4 rings (SSSR count). The van der Waals surface area contributed by atoms with Crippen LogP contribution in [-0.2, 0) is 9.53 Å². The number of aliphatic hydroxyl groups is 1. The van der Waals surface area contributed by atoms with Gasteiger partial charge in [0, 0.05) is 0 Å². The molecule has 4 aliphatic rings. The van der Waals surface area contributed by atoms with Crippen LogP contribution < -0.4 is 0 Å². The Bertz CT molecular complexity index is 824. The summed E-state index contributed by atoms with van der Waals surface area (Å²) < 4.78 is 4.96. The molecule has 0 amide bonds. The molecular weight excluding hydrogens is 408 g/mol. The molecule has 3 saturated carbocycles. The minimum Gasteiger partial charge on any atom is -0.434 e. The third-order valence-electron chi connectivity index (χ3n) is 11.9. The number of hydrogen-bond acceptors (Lipinski definition) is 3. The van der Waals surface area contributed by atoms with Crippen molar-refractivity contribution in [3.63, 3.8) is 0 Å². The first-order valence-electron chi connectivity index (χ1n) is 13.6. The number of hydrogen-bond donors (Lipinski definition) is 1. The Kier molecular flexibility index (Phi) is 6.47.